The number of nitrogens with one attached hydrogen (secondary N) is 1. The van der Waals surface area contributed by atoms with Gasteiger partial charge in [-0.2, -0.15) is 0 Å². The minimum absolute atomic E-state index is 0.0171. The Morgan fingerprint density at radius 1 is 0.627 bits per heavy atom. The number of benzene rings is 7. The van der Waals surface area contributed by atoms with E-state index in [1.807, 2.05) is 0 Å². The molecule has 1 saturated carbocycles. The van der Waals surface area contributed by atoms with Crippen molar-refractivity contribution >= 4 is 73.7 Å². The van der Waals surface area contributed by atoms with Crippen LogP contribution in [0.1, 0.15) is 96.4 Å². The second kappa shape index (κ2) is 11.7. The van der Waals surface area contributed by atoms with Gasteiger partial charge in [0.1, 0.15) is 5.58 Å². The molecule has 290 valence electrons. The van der Waals surface area contributed by atoms with Crippen LogP contribution in [0.2, 0.25) is 0 Å². The van der Waals surface area contributed by atoms with E-state index in [-0.39, 0.29) is 21.8 Å². The molecule has 12 rings (SSSR count). The molecule has 0 amide bonds. The Labute approximate surface area is 348 Å². The number of furan rings is 1. The zero-order valence-electron chi connectivity index (χ0n) is 35.4. The normalized spacial score (nSPS) is 20.9. The van der Waals surface area contributed by atoms with Gasteiger partial charge in [0, 0.05) is 43.9 Å². The number of para-hydroxylation sites is 1. The summed E-state index contributed by atoms with van der Waals surface area (Å²) in [5, 5.41) is 8.91. The predicted molar refractivity (Wildman–Crippen MR) is 252 cm³/mol. The zero-order chi connectivity index (χ0) is 40.2. The van der Waals surface area contributed by atoms with E-state index in [1.54, 1.807) is 0 Å². The Bertz CT molecular complexity index is 3130. The van der Waals surface area contributed by atoms with Crippen molar-refractivity contribution in [1.82, 2.24) is 0 Å². The second-order valence-corrected chi connectivity index (χ2v) is 20.1. The zero-order valence-corrected chi connectivity index (χ0v) is 35.4. The van der Waals surface area contributed by atoms with Gasteiger partial charge in [-0.05, 0) is 99.2 Å². The van der Waals surface area contributed by atoms with E-state index >= 15 is 0 Å². The van der Waals surface area contributed by atoms with E-state index in [0.29, 0.717) is 0 Å². The molecule has 2 aliphatic heterocycles. The third kappa shape index (κ3) is 4.61. The van der Waals surface area contributed by atoms with Crippen LogP contribution >= 0.6 is 0 Å². The lowest BCUT2D eigenvalue weighted by Gasteiger charge is -2.51. The summed E-state index contributed by atoms with van der Waals surface area (Å²) in [7, 11) is 0.851. The molecule has 4 heteroatoms. The molecule has 0 bridgehead atoms. The lowest BCUT2D eigenvalue weighted by Crippen LogP contribution is -2.57. The van der Waals surface area contributed by atoms with Gasteiger partial charge >= 0.3 is 0 Å². The molecule has 8 aromatic rings. The molecule has 0 spiro atoms. The molecule has 1 fully saturated rings. The summed E-state index contributed by atoms with van der Waals surface area (Å²) in [6, 6.07) is 45.8. The highest BCUT2D eigenvalue weighted by Gasteiger charge is 2.60. The third-order valence-electron chi connectivity index (χ3n) is 15.6. The number of nitrogens with zero attached hydrogens (tertiary/aromatic N) is 1. The first-order valence-corrected chi connectivity index (χ1v) is 21.9. The summed E-state index contributed by atoms with van der Waals surface area (Å²) in [5.74, 6) is 0. The Morgan fingerprint density at radius 3 is 2.20 bits per heavy atom. The van der Waals surface area contributed by atoms with Crippen molar-refractivity contribution in [2.24, 2.45) is 0 Å². The summed E-state index contributed by atoms with van der Waals surface area (Å²) in [6.07, 6.45) is 4.84. The fraction of sp³-hybridized carbons (Fsp3) is 0.273. The number of hydrogen-bond donors (Lipinski definition) is 1. The van der Waals surface area contributed by atoms with Gasteiger partial charge in [0.2, 0.25) is 0 Å². The first-order chi connectivity index (χ1) is 28.4. The van der Waals surface area contributed by atoms with Crippen LogP contribution in [0.4, 0.5) is 22.7 Å². The SMILES string of the molecule is CC(C)(C)c1cc2c3c(c1)C1(C)CCCCC1(C)N3c1c(c(-c3ccc4ccccc4c3Nc3ccc4c(c3)C(C)(C)c3ccccc3-4)cc3c1oc1ccccc13)B2. The molecule has 0 saturated heterocycles. The summed E-state index contributed by atoms with van der Waals surface area (Å²) in [6.45, 7) is 17.0. The molecule has 3 heterocycles. The Balaban J connectivity index is 1.14. The Morgan fingerprint density at radius 2 is 1.36 bits per heavy atom. The highest BCUT2D eigenvalue weighted by atomic mass is 16.3. The molecule has 3 nitrogen and oxygen atoms in total. The number of fused-ring (bicyclic) bond motifs is 13. The van der Waals surface area contributed by atoms with Crippen LogP contribution in [0.3, 0.4) is 0 Å². The second-order valence-electron chi connectivity index (χ2n) is 20.1. The Hall–Kier alpha value is -5.74. The van der Waals surface area contributed by atoms with Crippen LogP contribution in [0, 0.1) is 0 Å². The average Bonchev–Trinajstić information content (AvgIpc) is 3.79. The maximum atomic E-state index is 7.08. The summed E-state index contributed by atoms with van der Waals surface area (Å²) in [4.78, 5) is 2.81. The van der Waals surface area contributed by atoms with Crippen LogP contribution in [-0.2, 0) is 16.2 Å². The minimum atomic E-state index is -0.0994. The van der Waals surface area contributed by atoms with Gasteiger partial charge in [-0.1, -0.05) is 157 Å². The number of rotatable bonds is 3. The first kappa shape index (κ1) is 35.2. The molecule has 2 atom stereocenters. The topological polar surface area (TPSA) is 28.4 Å². The van der Waals surface area contributed by atoms with E-state index in [9.17, 15) is 0 Å². The molecule has 0 radical (unpaired) electrons. The molecular formula is C55H51BN2O. The summed E-state index contributed by atoms with van der Waals surface area (Å²) in [5.41, 5.74) is 20.5. The average molecular weight is 767 g/mol. The van der Waals surface area contributed by atoms with Crippen molar-refractivity contribution in [3.63, 3.8) is 0 Å². The highest BCUT2D eigenvalue weighted by Crippen LogP contribution is 2.62. The molecule has 2 aliphatic carbocycles. The lowest BCUT2D eigenvalue weighted by atomic mass is 9.57. The molecule has 59 heavy (non-hydrogen) atoms. The maximum absolute atomic E-state index is 7.08. The number of hydrogen-bond acceptors (Lipinski definition) is 3. The predicted octanol–water partition coefficient (Wildman–Crippen LogP) is 13.2. The Kier molecular flexibility index (Phi) is 7.00. The molecule has 1 aromatic heterocycles. The van der Waals surface area contributed by atoms with Crippen molar-refractivity contribution in [2.45, 2.75) is 95.9 Å². The minimum Gasteiger partial charge on any atom is -0.454 e. The largest absolute Gasteiger partial charge is 0.454 e. The molecule has 7 aromatic carbocycles. The van der Waals surface area contributed by atoms with E-state index in [1.165, 1.54) is 108 Å². The fourth-order valence-electron chi connectivity index (χ4n) is 12.1. The van der Waals surface area contributed by atoms with Crippen LogP contribution in [-0.4, -0.2) is 12.8 Å². The van der Waals surface area contributed by atoms with Gasteiger partial charge in [0.05, 0.1) is 16.9 Å². The fourth-order valence-corrected chi connectivity index (χ4v) is 12.1. The van der Waals surface area contributed by atoms with E-state index in [4.69, 9.17) is 4.42 Å². The number of anilines is 4. The van der Waals surface area contributed by atoms with Gasteiger partial charge < -0.3 is 14.6 Å². The van der Waals surface area contributed by atoms with Crippen molar-refractivity contribution in [2.75, 3.05) is 10.2 Å². The molecule has 4 aliphatic rings. The van der Waals surface area contributed by atoms with E-state index < -0.39 is 0 Å². The molecule has 2 unspecified atom stereocenters. The highest BCUT2D eigenvalue weighted by molar-refractivity contribution is 6.74. The monoisotopic (exact) mass is 766 g/mol. The maximum Gasteiger partial charge on any atom is 0.198 e. The van der Waals surface area contributed by atoms with Gasteiger partial charge in [-0.15, -0.1) is 0 Å². The van der Waals surface area contributed by atoms with E-state index in [2.05, 4.69) is 180 Å². The van der Waals surface area contributed by atoms with Crippen molar-refractivity contribution in [3.8, 4) is 22.3 Å². The van der Waals surface area contributed by atoms with Crippen LogP contribution in [0.25, 0.3) is 55.0 Å². The van der Waals surface area contributed by atoms with Crippen LogP contribution in [0.5, 0.6) is 0 Å². The third-order valence-corrected chi connectivity index (χ3v) is 15.6. The summed E-state index contributed by atoms with van der Waals surface area (Å²) < 4.78 is 7.08. The van der Waals surface area contributed by atoms with E-state index in [0.717, 1.165) is 36.2 Å². The van der Waals surface area contributed by atoms with Gasteiger partial charge in [-0.25, -0.2) is 0 Å². The molecule has 1 N–H and O–H groups in total. The van der Waals surface area contributed by atoms with Crippen molar-refractivity contribution < 1.29 is 4.42 Å². The molecular weight excluding hydrogens is 715 g/mol. The van der Waals surface area contributed by atoms with Crippen LogP contribution in [0.15, 0.2) is 126 Å². The van der Waals surface area contributed by atoms with Gasteiger partial charge in [-0.3, -0.25) is 0 Å². The quantitative estimate of drug-likeness (QED) is 0.182. The standard InChI is InChI=1S/C55H51BN2O/c1-52(2,3)33-28-44-49-45(29-33)56-47-40(31-41-38-19-11-13-21-46(38)59-51(41)50(47)58(49)55(7)27-15-14-26-54(44,55)6)39-24-22-32-16-8-9-17-35(32)48(39)57-34-23-25-37-36-18-10-12-20-42(36)53(4,5)43(37)30-34/h8-13,16-25,28-31,56-57H,14-15,26-27H2,1-7H3. The van der Waals surface area contributed by atoms with Crippen molar-refractivity contribution in [1.29, 1.82) is 0 Å². The smallest absolute Gasteiger partial charge is 0.198 e. The van der Waals surface area contributed by atoms with Crippen LogP contribution < -0.4 is 21.1 Å². The summed E-state index contributed by atoms with van der Waals surface area (Å²) >= 11 is 0. The lowest BCUT2D eigenvalue weighted by molar-refractivity contribution is 0.195. The van der Waals surface area contributed by atoms with Gasteiger partial charge in [0.25, 0.3) is 0 Å². The van der Waals surface area contributed by atoms with Gasteiger partial charge in [0.15, 0.2) is 12.9 Å². The van der Waals surface area contributed by atoms with Crippen molar-refractivity contribution in [3.05, 3.63) is 144 Å². The first-order valence-electron chi connectivity index (χ1n) is 21.9.